The molecule has 0 saturated carbocycles. The fourth-order valence-electron chi connectivity index (χ4n) is 1.01. The van der Waals surface area contributed by atoms with Crippen LogP contribution in [0.4, 0.5) is 0 Å². The predicted octanol–water partition coefficient (Wildman–Crippen LogP) is 2.61. The van der Waals surface area contributed by atoms with E-state index in [1.165, 1.54) is 11.3 Å². The first-order valence-electron chi connectivity index (χ1n) is 4.27. The van der Waals surface area contributed by atoms with Gasteiger partial charge in [-0.15, -0.1) is 11.3 Å². The predicted molar refractivity (Wildman–Crippen MR) is 51.1 cm³/mol. The Hall–Kier alpha value is -0.410. The van der Waals surface area contributed by atoms with Gasteiger partial charge < -0.3 is 5.11 Å². The van der Waals surface area contributed by atoms with Crippen LogP contribution < -0.4 is 0 Å². The molecule has 0 aliphatic rings. The molecule has 1 N–H and O–H groups in total. The fraction of sp³-hybridized carbons (Fsp3) is 0.667. The molecule has 0 radical (unpaired) electrons. The Morgan fingerprint density at radius 3 is 2.75 bits per heavy atom. The van der Waals surface area contributed by atoms with Crippen molar-refractivity contribution in [2.45, 2.75) is 32.8 Å². The van der Waals surface area contributed by atoms with E-state index in [0.29, 0.717) is 5.92 Å². The van der Waals surface area contributed by atoms with Gasteiger partial charge >= 0.3 is 0 Å². The van der Waals surface area contributed by atoms with Crippen LogP contribution in [0.5, 0.6) is 0 Å². The van der Waals surface area contributed by atoms with E-state index in [4.69, 9.17) is 0 Å². The molecule has 3 heteroatoms. The summed E-state index contributed by atoms with van der Waals surface area (Å²) >= 11 is 1.52. The summed E-state index contributed by atoms with van der Waals surface area (Å²) in [5.41, 5.74) is 0. The van der Waals surface area contributed by atoms with Gasteiger partial charge in [0.05, 0.1) is 0 Å². The second-order valence-corrected chi connectivity index (χ2v) is 4.28. The average molecular weight is 185 g/mol. The van der Waals surface area contributed by atoms with Crippen molar-refractivity contribution in [3.8, 4) is 0 Å². The van der Waals surface area contributed by atoms with Gasteiger partial charge in [0, 0.05) is 11.6 Å². The van der Waals surface area contributed by atoms with E-state index in [9.17, 15) is 5.11 Å². The fourth-order valence-corrected chi connectivity index (χ4v) is 1.67. The van der Waals surface area contributed by atoms with Gasteiger partial charge in [-0.1, -0.05) is 13.8 Å². The Morgan fingerprint density at radius 1 is 1.50 bits per heavy atom. The Morgan fingerprint density at radius 2 is 2.25 bits per heavy atom. The summed E-state index contributed by atoms with van der Waals surface area (Å²) < 4.78 is 0. The summed E-state index contributed by atoms with van der Waals surface area (Å²) in [5.74, 6) is 0.652. The molecule has 2 nitrogen and oxygen atoms in total. The van der Waals surface area contributed by atoms with Crippen molar-refractivity contribution in [3.05, 3.63) is 16.6 Å². The second kappa shape index (κ2) is 4.58. The second-order valence-electron chi connectivity index (χ2n) is 3.36. The van der Waals surface area contributed by atoms with Crippen LogP contribution in [0.25, 0.3) is 0 Å². The standard InChI is InChI=1S/C9H15NOS/c1-7(2)3-4-8(11)9-10-5-6-12-9/h5-8,11H,3-4H2,1-2H3. The van der Waals surface area contributed by atoms with Crippen LogP contribution in [0.1, 0.15) is 37.8 Å². The van der Waals surface area contributed by atoms with Crippen molar-refractivity contribution < 1.29 is 5.11 Å². The molecule has 1 heterocycles. The van der Waals surface area contributed by atoms with E-state index in [-0.39, 0.29) is 6.10 Å². The van der Waals surface area contributed by atoms with E-state index < -0.39 is 0 Å². The Balaban J connectivity index is 2.34. The summed E-state index contributed by atoms with van der Waals surface area (Å²) in [6.07, 6.45) is 3.26. The molecule has 1 unspecified atom stereocenters. The zero-order valence-corrected chi connectivity index (χ0v) is 8.34. The lowest BCUT2D eigenvalue weighted by atomic mass is 10.1. The van der Waals surface area contributed by atoms with E-state index in [1.807, 2.05) is 5.38 Å². The highest BCUT2D eigenvalue weighted by atomic mass is 32.1. The normalized spacial score (nSPS) is 13.7. The number of hydrogen-bond acceptors (Lipinski definition) is 3. The van der Waals surface area contributed by atoms with Crippen molar-refractivity contribution >= 4 is 11.3 Å². The lowest BCUT2D eigenvalue weighted by molar-refractivity contribution is 0.159. The number of rotatable bonds is 4. The molecule has 0 spiro atoms. The lowest BCUT2D eigenvalue weighted by Crippen LogP contribution is -1.98. The third-order valence-corrected chi connectivity index (χ3v) is 2.63. The van der Waals surface area contributed by atoms with Gasteiger partial charge in [0.25, 0.3) is 0 Å². The van der Waals surface area contributed by atoms with E-state index >= 15 is 0 Å². The van der Waals surface area contributed by atoms with Gasteiger partial charge in [-0.05, 0) is 18.8 Å². The van der Waals surface area contributed by atoms with Gasteiger partial charge in [-0.3, -0.25) is 0 Å². The number of thiazole rings is 1. The van der Waals surface area contributed by atoms with Crippen LogP contribution in [-0.2, 0) is 0 Å². The van der Waals surface area contributed by atoms with Gasteiger partial charge in [0.1, 0.15) is 11.1 Å². The minimum atomic E-state index is -0.354. The number of aliphatic hydroxyl groups is 1. The van der Waals surface area contributed by atoms with Crippen molar-refractivity contribution in [2.75, 3.05) is 0 Å². The third-order valence-electron chi connectivity index (χ3n) is 1.75. The summed E-state index contributed by atoms with van der Waals surface area (Å²) in [4.78, 5) is 4.06. The molecule has 0 aromatic carbocycles. The van der Waals surface area contributed by atoms with Crippen LogP contribution in [-0.4, -0.2) is 10.1 Å². The molecule has 0 saturated heterocycles. The van der Waals surface area contributed by atoms with Crippen LogP contribution >= 0.6 is 11.3 Å². The van der Waals surface area contributed by atoms with Gasteiger partial charge in [-0.25, -0.2) is 4.98 Å². The quantitative estimate of drug-likeness (QED) is 0.782. The molecule has 0 aliphatic carbocycles. The molecule has 0 aliphatic heterocycles. The molecule has 12 heavy (non-hydrogen) atoms. The Labute approximate surface area is 77.3 Å². The van der Waals surface area contributed by atoms with Crippen molar-refractivity contribution in [1.29, 1.82) is 0 Å². The van der Waals surface area contributed by atoms with Gasteiger partial charge in [-0.2, -0.15) is 0 Å². The minimum absolute atomic E-state index is 0.354. The first-order valence-corrected chi connectivity index (χ1v) is 5.15. The summed E-state index contributed by atoms with van der Waals surface area (Å²) in [6.45, 7) is 4.32. The molecule has 1 aromatic rings. The number of aromatic nitrogens is 1. The smallest absolute Gasteiger partial charge is 0.121 e. The number of hydrogen-bond donors (Lipinski definition) is 1. The number of aliphatic hydroxyl groups excluding tert-OH is 1. The van der Waals surface area contributed by atoms with E-state index in [0.717, 1.165) is 17.8 Å². The molecular weight excluding hydrogens is 170 g/mol. The maximum Gasteiger partial charge on any atom is 0.121 e. The molecule has 1 atom stereocenters. The topological polar surface area (TPSA) is 33.1 Å². The van der Waals surface area contributed by atoms with Crippen LogP contribution in [0, 0.1) is 5.92 Å². The summed E-state index contributed by atoms with van der Waals surface area (Å²) in [6, 6.07) is 0. The van der Waals surface area contributed by atoms with E-state index in [2.05, 4.69) is 18.8 Å². The highest BCUT2D eigenvalue weighted by Gasteiger charge is 2.09. The Kier molecular flexibility index (Phi) is 3.69. The highest BCUT2D eigenvalue weighted by Crippen LogP contribution is 2.21. The lowest BCUT2D eigenvalue weighted by Gasteiger charge is -2.08. The monoisotopic (exact) mass is 185 g/mol. The van der Waals surface area contributed by atoms with Crippen LogP contribution in [0.3, 0.4) is 0 Å². The molecule has 68 valence electrons. The van der Waals surface area contributed by atoms with Gasteiger partial charge in [0.2, 0.25) is 0 Å². The molecule has 1 aromatic heterocycles. The first-order chi connectivity index (χ1) is 5.70. The van der Waals surface area contributed by atoms with Crippen molar-refractivity contribution in [3.63, 3.8) is 0 Å². The van der Waals surface area contributed by atoms with E-state index in [1.54, 1.807) is 6.20 Å². The Bertz CT molecular complexity index is 208. The molecule has 0 amide bonds. The zero-order valence-electron chi connectivity index (χ0n) is 7.53. The molecule has 0 bridgehead atoms. The van der Waals surface area contributed by atoms with Gasteiger partial charge in [0.15, 0.2) is 0 Å². The maximum absolute atomic E-state index is 9.61. The zero-order chi connectivity index (χ0) is 8.97. The third kappa shape index (κ3) is 2.91. The molecule has 1 rings (SSSR count). The first kappa shape index (κ1) is 9.68. The van der Waals surface area contributed by atoms with Crippen LogP contribution in [0.2, 0.25) is 0 Å². The molecular formula is C9H15NOS. The number of nitrogens with zero attached hydrogens (tertiary/aromatic N) is 1. The largest absolute Gasteiger partial charge is 0.386 e. The minimum Gasteiger partial charge on any atom is -0.386 e. The maximum atomic E-state index is 9.61. The van der Waals surface area contributed by atoms with Crippen LogP contribution in [0.15, 0.2) is 11.6 Å². The summed E-state index contributed by atoms with van der Waals surface area (Å²) in [7, 11) is 0. The summed E-state index contributed by atoms with van der Waals surface area (Å²) in [5, 5.41) is 12.3. The van der Waals surface area contributed by atoms with Crippen molar-refractivity contribution in [1.82, 2.24) is 4.98 Å². The average Bonchev–Trinajstić information content (AvgIpc) is 2.51. The highest BCUT2D eigenvalue weighted by molar-refractivity contribution is 7.09. The molecule has 0 fully saturated rings. The SMILES string of the molecule is CC(C)CCC(O)c1nccs1. The van der Waals surface area contributed by atoms with Crippen molar-refractivity contribution in [2.24, 2.45) is 5.92 Å².